The molecule has 1 aromatic carbocycles. The number of thiazole rings is 1. The summed E-state index contributed by atoms with van der Waals surface area (Å²) in [7, 11) is 2.00. The number of nitrogens with one attached hydrogen (secondary N) is 1. The lowest BCUT2D eigenvalue weighted by Gasteiger charge is -2.21. The predicted octanol–water partition coefficient (Wildman–Crippen LogP) is 3.79. The summed E-state index contributed by atoms with van der Waals surface area (Å²) in [6, 6.07) is 8.73. The highest BCUT2D eigenvalue weighted by atomic mass is 32.1. The van der Waals surface area contributed by atoms with E-state index in [-0.39, 0.29) is 0 Å². The number of nitrogens with zero attached hydrogens (tertiary/aromatic N) is 1. The average Bonchev–Trinajstić information content (AvgIpc) is 2.83. The van der Waals surface area contributed by atoms with Crippen molar-refractivity contribution in [1.82, 2.24) is 10.3 Å². The lowest BCUT2D eigenvalue weighted by Crippen LogP contribution is -2.14. The van der Waals surface area contributed by atoms with Crippen LogP contribution in [0.15, 0.2) is 24.3 Å². The van der Waals surface area contributed by atoms with Crippen LogP contribution >= 0.6 is 11.3 Å². The minimum atomic E-state index is 0.489. The maximum Gasteiger partial charge on any atom is 0.0976 e. The van der Waals surface area contributed by atoms with Crippen LogP contribution in [-0.4, -0.2) is 18.6 Å². The quantitative estimate of drug-likeness (QED) is 0.919. The zero-order valence-corrected chi connectivity index (χ0v) is 12.6. The summed E-state index contributed by atoms with van der Waals surface area (Å²) in [6.07, 6.45) is 1.14. The van der Waals surface area contributed by atoms with Gasteiger partial charge in [-0.15, -0.1) is 11.3 Å². The molecule has 0 bridgehead atoms. The fraction of sp³-hybridized carbons (Fsp3) is 0.438. The summed E-state index contributed by atoms with van der Waals surface area (Å²) < 4.78 is 0. The van der Waals surface area contributed by atoms with Gasteiger partial charge in [0.15, 0.2) is 0 Å². The van der Waals surface area contributed by atoms with Crippen LogP contribution in [0.3, 0.4) is 0 Å². The minimum absolute atomic E-state index is 0.489. The lowest BCUT2D eigenvalue weighted by molar-refractivity contribution is 0.674. The lowest BCUT2D eigenvalue weighted by atomic mass is 9.86. The first-order chi connectivity index (χ1) is 9.20. The normalized spacial score (nSPS) is 18.8. The third-order valence-corrected chi connectivity index (χ3v) is 5.19. The summed E-state index contributed by atoms with van der Waals surface area (Å²) in [4.78, 5) is 6.39. The standard InChI is InChI=1S/C16H20N2S/c1-10-8-14-15(13-7-5-4-6-12(10)13)18-16(19-14)11(2)9-17-3/h4-7,10-11,17H,8-9H2,1-3H3. The monoisotopic (exact) mass is 272 g/mol. The smallest absolute Gasteiger partial charge is 0.0976 e. The summed E-state index contributed by atoms with van der Waals surface area (Å²) in [5, 5.41) is 4.51. The van der Waals surface area contributed by atoms with Crippen molar-refractivity contribution >= 4 is 11.3 Å². The largest absolute Gasteiger partial charge is 0.319 e. The fourth-order valence-electron chi connectivity index (χ4n) is 2.85. The number of hydrogen-bond donors (Lipinski definition) is 1. The number of rotatable bonds is 3. The van der Waals surface area contributed by atoms with Gasteiger partial charge >= 0.3 is 0 Å². The summed E-state index contributed by atoms with van der Waals surface area (Å²) in [5.74, 6) is 1.10. The zero-order chi connectivity index (χ0) is 13.4. The molecule has 3 heteroatoms. The second-order valence-corrected chi connectivity index (χ2v) is 6.59. The first kappa shape index (κ1) is 12.8. The van der Waals surface area contributed by atoms with Gasteiger partial charge in [-0.1, -0.05) is 38.1 Å². The molecule has 1 N–H and O–H groups in total. The SMILES string of the molecule is CNCC(C)c1nc2c(s1)CC(C)c1ccccc1-2. The van der Waals surface area contributed by atoms with E-state index in [0.29, 0.717) is 11.8 Å². The maximum absolute atomic E-state index is 4.92. The predicted molar refractivity (Wildman–Crippen MR) is 82.0 cm³/mol. The zero-order valence-electron chi connectivity index (χ0n) is 11.7. The van der Waals surface area contributed by atoms with Crippen LogP contribution in [0.2, 0.25) is 0 Å². The van der Waals surface area contributed by atoms with Gasteiger partial charge in [0.05, 0.1) is 10.7 Å². The molecule has 0 saturated heterocycles. The van der Waals surface area contributed by atoms with Crippen LogP contribution in [0.1, 0.15) is 41.1 Å². The van der Waals surface area contributed by atoms with Crippen LogP contribution < -0.4 is 5.32 Å². The molecule has 1 aliphatic rings. The van der Waals surface area contributed by atoms with Gasteiger partial charge in [-0.05, 0) is 24.9 Å². The van der Waals surface area contributed by atoms with Gasteiger partial charge in [-0.3, -0.25) is 0 Å². The molecule has 2 aromatic rings. The molecule has 2 nitrogen and oxygen atoms in total. The molecule has 2 atom stereocenters. The third kappa shape index (κ3) is 2.21. The van der Waals surface area contributed by atoms with Gasteiger partial charge < -0.3 is 5.32 Å². The second kappa shape index (κ2) is 5.06. The van der Waals surface area contributed by atoms with Crippen LogP contribution in [0.25, 0.3) is 11.3 Å². The number of hydrogen-bond acceptors (Lipinski definition) is 3. The molecule has 3 rings (SSSR count). The molecule has 1 aromatic heterocycles. The van der Waals surface area contributed by atoms with E-state index in [9.17, 15) is 0 Å². The van der Waals surface area contributed by atoms with E-state index in [1.807, 2.05) is 18.4 Å². The van der Waals surface area contributed by atoms with Crippen molar-refractivity contribution in [3.8, 4) is 11.3 Å². The van der Waals surface area contributed by atoms with Crippen LogP contribution in [-0.2, 0) is 6.42 Å². The molecule has 0 spiro atoms. The van der Waals surface area contributed by atoms with Crippen molar-refractivity contribution in [3.63, 3.8) is 0 Å². The van der Waals surface area contributed by atoms with Crippen molar-refractivity contribution in [2.24, 2.45) is 0 Å². The Hall–Kier alpha value is -1.19. The Bertz CT molecular complexity index is 588. The Morgan fingerprint density at radius 2 is 2.21 bits per heavy atom. The molecule has 0 fully saturated rings. The number of likely N-dealkylation sites (N-methyl/N-ethyl adjacent to an activating group) is 1. The Morgan fingerprint density at radius 3 is 3.00 bits per heavy atom. The minimum Gasteiger partial charge on any atom is -0.319 e. The summed E-state index contributed by atoms with van der Waals surface area (Å²) in [6.45, 7) is 5.55. The molecular weight excluding hydrogens is 252 g/mol. The molecule has 0 amide bonds. The van der Waals surface area contributed by atoms with Gasteiger partial charge in [0.25, 0.3) is 0 Å². The Kier molecular flexibility index (Phi) is 3.42. The van der Waals surface area contributed by atoms with Crippen LogP contribution in [0.5, 0.6) is 0 Å². The fourth-order valence-corrected chi connectivity index (χ4v) is 4.11. The van der Waals surface area contributed by atoms with E-state index >= 15 is 0 Å². The topological polar surface area (TPSA) is 24.9 Å². The van der Waals surface area contributed by atoms with Crippen molar-refractivity contribution in [2.45, 2.75) is 32.1 Å². The average molecular weight is 272 g/mol. The van der Waals surface area contributed by atoms with Gasteiger partial charge in [0.1, 0.15) is 0 Å². The highest BCUT2D eigenvalue weighted by Gasteiger charge is 2.26. The number of benzene rings is 1. The van der Waals surface area contributed by atoms with E-state index in [2.05, 4.69) is 43.4 Å². The highest BCUT2D eigenvalue weighted by molar-refractivity contribution is 7.12. The van der Waals surface area contributed by atoms with E-state index in [4.69, 9.17) is 4.98 Å². The molecule has 1 heterocycles. The Labute approximate surface area is 118 Å². The molecule has 0 saturated carbocycles. The molecule has 0 radical (unpaired) electrons. The van der Waals surface area contributed by atoms with E-state index in [1.165, 1.54) is 26.7 Å². The molecule has 100 valence electrons. The van der Waals surface area contributed by atoms with Gasteiger partial charge in [-0.2, -0.15) is 0 Å². The van der Waals surface area contributed by atoms with E-state index in [1.54, 1.807) is 0 Å². The van der Waals surface area contributed by atoms with Crippen LogP contribution in [0.4, 0.5) is 0 Å². The van der Waals surface area contributed by atoms with Crippen molar-refractivity contribution in [3.05, 3.63) is 39.7 Å². The molecule has 2 unspecified atom stereocenters. The number of aromatic nitrogens is 1. The van der Waals surface area contributed by atoms with Gasteiger partial charge in [0.2, 0.25) is 0 Å². The summed E-state index contributed by atoms with van der Waals surface area (Å²) in [5.41, 5.74) is 4.03. The second-order valence-electron chi connectivity index (χ2n) is 5.48. The summed E-state index contributed by atoms with van der Waals surface area (Å²) >= 11 is 1.90. The van der Waals surface area contributed by atoms with Crippen LogP contribution in [0, 0.1) is 0 Å². The first-order valence-electron chi connectivity index (χ1n) is 6.94. The van der Waals surface area contributed by atoms with Gasteiger partial charge in [0, 0.05) is 22.9 Å². The highest BCUT2D eigenvalue weighted by Crippen LogP contribution is 2.42. The van der Waals surface area contributed by atoms with E-state index in [0.717, 1.165) is 13.0 Å². The van der Waals surface area contributed by atoms with Crippen molar-refractivity contribution in [1.29, 1.82) is 0 Å². The molecule has 1 aliphatic carbocycles. The first-order valence-corrected chi connectivity index (χ1v) is 7.75. The maximum atomic E-state index is 4.92. The molecular formula is C16H20N2S. The molecule has 19 heavy (non-hydrogen) atoms. The molecule has 0 aliphatic heterocycles. The Morgan fingerprint density at radius 1 is 1.42 bits per heavy atom. The van der Waals surface area contributed by atoms with Crippen molar-refractivity contribution in [2.75, 3.05) is 13.6 Å². The van der Waals surface area contributed by atoms with Crippen molar-refractivity contribution < 1.29 is 0 Å². The number of fused-ring (bicyclic) bond motifs is 3. The third-order valence-electron chi connectivity index (χ3n) is 3.88. The Balaban J connectivity index is 2.05. The van der Waals surface area contributed by atoms with Gasteiger partial charge in [-0.25, -0.2) is 4.98 Å². The van der Waals surface area contributed by atoms with E-state index < -0.39 is 0 Å².